The normalized spacial score (nSPS) is 11.5. The standard InChI is InChI=1S/C25H20N6OS2/c1-3-21(24(32)30-20-10-14(2)29-19-7-5-4-6-16(19)20)34-25-18(12-27)22(15-8-9-33-13-15)17(11-26)23(28)31-25/h4-10,13,21H,3H2,1-2H3,(H2,28,31)(H,29,30,32). The van der Waals surface area contributed by atoms with E-state index in [1.165, 1.54) is 23.1 Å². The number of rotatable bonds is 6. The van der Waals surface area contributed by atoms with Crippen LogP contribution >= 0.6 is 23.1 Å². The highest BCUT2D eigenvalue weighted by Crippen LogP contribution is 2.38. The Morgan fingerprint density at radius 2 is 1.97 bits per heavy atom. The molecule has 0 spiro atoms. The zero-order valence-corrected chi connectivity index (χ0v) is 20.1. The van der Waals surface area contributed by atoms with Gasteiger partial charge in [-0.05, 0) is 47.9 Å². The van der Waals surface area contributed by atoms with Crippen molar-refractivity contribution >= 4 is 51.4 Å². The molecular weight excluding hydrogens is 464 g/mol. The zero-order chi connectivity index (χ0) is 24.2. The number of amides is 1. The van der Waals surface area contributed by atoms with Crippen LogP contribution in [0, 0.1) is 29.6 Å². The number of anilines is 2. The quantitative estimate of drug-likeness (QED) is 0.346. The number of aryl methyl sites for hydroxylation is 1. The fourth-order valence-electron chi connectivity index (χ4n) is 3.66. The molecule has 0 fully saturated rings. The van der Waals surface area contributed by atoms with Gasteiger partial charge in [0, 0.05) is 16.6 Å². The van der Waals surface area contributed by atoms with Crippen molar-refractivity contribution in [3.8, 4) is 23.3 Å². The zero-order valence-electron chi connectivity index (χ0n) is 18.5. The van der Waals surface area contributed by atoms with Crippen LogP contribution in [0.25, 0.3) is 22.0 Å². The van der Waals surface area contributed by atoms with Gasteiger partial charge in [0.25, 0.3) is 0 Å². The maximum absolute atomic E-state index is 13.3. The Morgan fingerprint density at radius 3 is 2.65 bits per heavy atom. The summed E-state index contributed by atoms with van der Waals surface area (Å²) in [6, 6.07) is 15.5. The highest BCUT2D eigenvalue weighted by Gasteiger charge is 2.26. The molecule has 0 saturated carbocycles. The maximum atomic E-state index is 13.3. The van der Waals surface area contributed by atoms with E-state index in [1.54, 1.807) is 0 Å². The van der Waals surface area contributed by atoms with Crippen LogP contribution in [0.15, 0.2) is 52.2 Å². The first-order valence-electron chi connectivity index (χ1n) is 10.5. The Hall–Kier alpha value is -3.92. The summed E-state index contributed by atoms with van der Waals surface area (Å²) in [7, 11) is 0. The minimum atomic E-state index is -0.533. The smallest absolute Gasteiger partial charge is 0.237 e. The number of carbonyl (C=O) groups is 1. The Labute approximate surface area is 205 Å². The van der Waals surface area contributed by atoms with Crippen LogP contribution in [0.1, 0.15) is 30.2 Å². The number of para-hydroxylation sites is 1. The van der Waals surface area contributed by atoms with Gasteiger partial charge < -0.3 is 11.1 Å². The van der Waals surface area contributed by atoms with Crippen LogP contribution in [0.3, 0.4) is 0 Å². The molecule has 1 amide bonds. The number of thioether (sulfide) groups is 1. The van der Waals surface area contributed by atoms with Crippen LogP contribution < -0.4 is 11.1 Å². The summed E-state index contributed by atoms with van der Waals surface area (Å²) < 4.78 is 0. The molecule has 168 valence electrons. The summed E-state index contributed by atoms with van der Waals surface area (Å²) in [5.74, 6) is -0.176. The number of nitrogens with one attached hydrogen (secondary N) is 1. The summed E-state index contributed by atoms with van der Waals surface area (Å²) in [6.07, 6.45) is 0.499. The third-order valence-electron chi connectivity index (χ3n) is 5.24. The van der Waals surface area contributed by atoms with Crippen molar-refractivity contribution < 1.29 is 4.79 Å². The van der Waals surface area contributed by atoms with Crippen LogP contribution in [-0.2, 0) is 4.79 Å². The largest absolute Gasteiger partial charge is 0.383 e. The second kappa shape index (κ2) is 9.92. The predicted octanol–water partition coefficient (Wildman–Crippen LogP) is 5.50. The SMILES string of the molecule is CCC(Sc1nc(N)c(C#N)c(-c2ccsc2)c1C#N)C(=O)Nc1cc(C)nc2ccccc12. The number of fused-ring (bicyclic) bond motifs is 1. The summed E-state index contributed by atoms with van der Waals surface area (Å²) in [5.41, 5.74) is 9.95. The number of pyridine rings is 2. The van der Waals surface area contributed by atoms with E-state index in [0.29, 0.717) is 22.7 Å². The molecule has 0 radical (unpaired) electrons. The Balaban J connectivity index is 1.70. The lowest BCUT2D eigenvalue weighted by molar-refractivity contribution is -0.115. The number of nitriles is 2. The predicted molar refractivity (Wildman–Crippen MR) is 136 cm³/mol. The van der Waals surface area contributed by atoms with E-state index in [1.807, 2.05) is 61.0 Å². The second-order valence-electron chi connectivity index (χ2n) is 7.50. The molecule has 3 aromatic heterocycles. The number of carbonyl (C=O) groups excluding carboxylic acids is 1. The van der Waals surface area contributed by atoms with Crippen LogP contribution in [-0.4, -0.2) is 21.1 Å². The summed E-state index contributed by atoms with van der Waals surface area (Å²) in [6.45, 7) is 3.77. The topological polar surface area (TPSA) is 128 Å². The van der Waals surface area contributed by atoms with Crippen molar-refractivity contribution in [1.29, 1.82) is 10.5 Å². The van der Waals surface area contributed by atoms with Gasteiger partial charge in [0.15, 0.2) is 0 Å². The number of aromatic nitrogens is 2. The summed E-state index contributed by atoms with van der Waals surface area (Å²) in [5, 5.41) is 27.0. The van der Waals surface area contributed by atoms with E-state index in [2.05, 4.69) is 27.4 Å². The van der Waals surface area contributed by atoms with Crippen molar-refractivity contribution in [2.75, 3.05) is 11.1 Å². The third kappa shape index (κ3) is 4.44. The molecule has 0 aliphatic carbocycles. The molecule has 34 heavy (non-hydrogen) atoms. The minimum Gasteiger partial charge on any atom is -0.383 e. The van der Waals surface area contributed by atoms with Gasteiger partial charge in [-0.3, -0.25) is 9.78 Å². The molecule has 0 saturated heterocycles. The van der Waals surface area contributed by atoms with Crippen LogP contribution in [0.4, 0.5) is 11.5 Å². The van der Waals surface area contributed by atoms with Crippen molar-refractivity contribution in [1.82, 2.24) is 9.97 Å². The maximum Gasteiger partial charge on any atom is 0.237 e. The van der Waals surface area contributed by atoms with Gasteiger partial charge in [-0.2, -0.15) is 21.9 Å². The van der Waals surface area contributed by atoms with Gasteiger partial charge in [-0.15, -0.1) is 0 Å². The number of thiophene rings is 1. The van der Waals surface area contributed by atoms with Crippen molar-refractivity contribution in [3.63, 3.8) is 0 Å². The molecule has 3 heterocycles. The molecule has 0 aliphatic heterocycles. The van der Waals surface area contributed by atoms with E-state index >= 15 is 0 Å². The first-order chi connectivity index (χ1) is 16.5. The lowest BCUT2D eigenvalue weighted by atomic mass is 9.99. The Kier molecular flexibility index (Phi) is 6.78. The minimum absolute atomic E-state index is 0.0382. The summed E-state index contributed by atoms with van der Waals surface area (Å²) >= 11 is 2.63. The van der Waals surface area contributed by atoms with Gasteiger partial charge >= 0.3 is 0 Å². The highest BCUT2D eigenvalue weighted by atomic mass is 32.2. The highest BCUT2D eigenvalue weighted by molar-refractivity contribution is 8.00. The van der Waals surface area contributed by atoms with E-state index in [0.717, 1.165) is 22.2 Å². The summed E-state index contributed by atoms with van der Waals surface area (Å²) in [4.78, 5) is 22.1. The average Bonchev–Trinajstić information content (AvgIpc) is 3.36. The molecule has 1 atom stereocenters. The third-order valence-corrected chi connectivity index (χ3v) is 7.28. The van der Waals surface area contributed by atoms with Crippen molar-refractivity contribution in [3.05, 3.63) is 64.0 Å². The van der Waals surface area contributed by atoms with Gasteiger partial charge in [0.1, 0.15) is 28.5 Å². The molecule has 1 unspecified atom stereocenters. The molecule has 1 aromatic carbocycles. The second-order valence-corrected chi connectivity index (χ2v) is 9.47. The monoisotopic (exact) mass is 484 g/mol. The van der Waals surface area contributed by atoms with Gasteiger partial charge in [-0.25, -0.2) is 4.98 Å². The molecule has 0 bridgehead atoms. The number of hydrogen-bond donors (Lipinski definition) is 2. The molecule has 4 aromatic rings. The van der Waals surface area contributed by atoms with Crippen LogP contribution in [0.2, 0.25) is 0 Å². The first kappa shape index (κ1) is 23.2. The lowest BCUT2D eigenvalue weighted by Gasteiger charge is -2.18. The fourth-order valence-corrected chi connectivity index (χ4v) is 5.33. The van der Waals surface area contributed by atoms with E-state index in [9.17, 15) is 15.3 Å². The fraction of sp³-hybridized carbons (Fsp3) is 0.160. The van der Waals surface area contributed by atoms with Crippen LogP contribution in [0.5, 0.6) is 0 Å². The van der Waals surface area contributed by atoms with Crippen molar-refractivity contribution in [2.45, 2.75) is 30.5 Å². The number of hydrogen-bond acceptors (Lipinski definition) is 8. The number of nitrogens with two attached hydrogens (primary N) is 1. The average molecular weight is 485 g/mol. The molecular formula is C25H20N6OS2. The molecule has 7 nitrogen and oxygen atoms in total. The van der Waals surface area contributed by atoms with E-state index in [-0.39, 0.29) is 22.9 Å². The first-order valence-corrected chi connectivity index (χ1v) is 12.3. The number of nitrogen functional groups attached to an aromatic ring is 1. The van der Waals surface area contributed by atoms with Crippen molar-refractivity contribution in [2.24, 2.45) is 0 Å². The Morgan fingerprint density at radius 1 is 1.21 bits per heavy atom. The molecule has 0 aliphatic rings. The van der Waals surface area contributed by atoms with E-state index < -0.39 is 5.25 Å². The molecule has 9 heteroatoms. The Bertz CT molecular complexity index is 1470. The van der Waals surface area contributed by atoms with Gasteiger partial charge in [0.2, 0.25) is 5.91 Å². The van der Waals surface area contributed by atoms with Gasteiger partial charge in [0.05, 0.1) is 22.0 Å². The lowest BCUT2D eigenvalue weighted by Crippen LogP contribution is -2.25. The number of nitrogens with zero attached hydrogens (tertiary/aromatic N) is 4. The number of benzene rings is 1. The van der Waals surface area contributed by atoms with E-state index in [4.69, 9.17) is 5.73 Å². The molecule has 3 N–H and O–H groups in total. The molecule has 4 rings (SSSR count). The van der Waals surface area contributed by atoms with Gasteiger partial charge in [-0.1, -0.05) is 36.9 Å².